The molecule has 0 atom stereocenters. The quantitative estimate of drug-likeness (QED) is 0.459. The van der Waals surface area contributed by atoms with Gasteiger partial charge in [0, 0.05) is 0 Å². The van der Waals surface area contributed by atoms with Crippen LogP contribution in [0.25, 0.3) is 0 Å². The van der Waals surface area contributed by atoms with Crippen molar-refractivity contribution >= 4 is 11.8 Å². The normalized spacial score (nSPS) is 8.85. The van der Waals surface area contributed by atoms with E-state index in [1.54, 1.807) is 0 Å². The zero-order valence-corrected chi connectivity index (χ0v) is 10.5. The molecule has 0 aliphatic carbocycles. The predicted molar refractivity (Wildman–Crippen MR) is 43.3 cm³/mol. The number of aromatic amines is 1. The predicted octanol–water partition coefficient (Wildman–Crippen LogP) is 1.51. The Labute approximate surface area is 88.2 Å². The van der Waals surface area contributed by atoms with E-state index < -0.39 is 19.6 Å². The SMILES string of the molecule is [CH2-]c1cc(=O)[nH]c(SC)n1.[F][W][F]. The van der Waals surface area contributed by atoms with E-state index >= 15 is 0 Å². The summed E-state index contributed by atoms with van der Waals surface area (Å²) in [5.74, 6) is 0. The molecule has 0 radical (unpaired) electrons. The van der Waals surface area contributed by atoms with E-state index in [0.717, 1.165) is 0 Å². The molecule has 1 aromatic heterocycles. The van der Waals surface area contributed by atoms with Crippen LogP contribution in [-0.4, -0.2) is 16.2 Å². The molecule has 13 heavy (non-hydrogen) atoms. The van der Waals surface area contributed by atoms with Crippen LogP contribution >= 0.6 is 11.8 Å². The molecule has 3 nitrogen and oxygen atoms in total. The number of nitrogens with one attached hydrogen (secondary N) is 1. The molecular formula is C6H7F2N2OSW-. The first-order valence-corrected chi connectivity index (χ1v) is 6.45. The van der Waals surface area contributed by atoms with Gasteiger partial charge in [0.05, 0.1) is 0 Å². The van der Waals surface area contributed by atoms with Gasteiger partial charge >= 0.3 is 25.9 Å². The van der Waals surface area contributed by atoms with Crippen LogP contribution in [0.3, 0.4) is 0 Å². The average molecular weight is 377 g/mol. The molecular weight excluding hydrogens is 370 g/mol. The Kier molecular flexibility index (Phi) is 6.90. The van der Waals surface area contributed by atoms with Gasteiger partial charge in [0.15, 0.2) is 10.7 Å². The molecule has 7 heteroatoms. The Morgan fingerprint density at radius 1 is 1.69 bits per heavy atom. The van der Waals surface area contributed by atoms with Crippen molar-refractivity contribution in [1.82, 2.24) is 9.97 Å². The summed E-state index contributed by atoms with van der Waals surface area (Å²) < 4.78 is 19.6. The van der Waals surface area contributed by atoms with Crippen molar-refractivity contribution in [3.63, 3.8) is 0 Å². The van der Waals surface area contributed by atoms with Crippen LogP contribution in [0.4, 0.5) is 6.32 Å². The molecule has 0 aliphatic heterocycles. The molecule has 0 aromatic carbocycles. The monoisotopic (exact) mass is 377 g/mol. The van der Waals surface area contributed by atoms with Crippen LogP contribution in [0.2, 0.25) is 0 Å². The van der Waals surface area contributed by atoms with Gasteiger partial charge in [-0.05, 0) is 6.26 Å². The van der Waals surface area contributed by atoms with E-state index in [4.69, 9.17) is 0 Å². The Morgan fingerprint density at radius 2 is 2.23 bits per heavy atom. The van der Waals surface area contributed by atoms with Crippen LogP contribution in [0.15, 0.2) is 16.0 Å². The Hall–Kier alpha value is -0.352. The first-order valence-electron chi connectivity index (χ1n) is 3.00. The number of hydrogen-bond acceptors (Lipinski definition) is 3. The Bertz CT molecular complexity index is 307. The summed E-state index contributed by atoms with van der Waals surface area (Å²) in [6.45, 7) is 3.55. The summed E-state index contributed by atoms with van der Waals surface area (Å²) in [7, 11) is 0. The molecule has 1 aromatic rings. The molecule has 0 amide bonds. The maximum absolute atomic E-state index is 10.7. The van der Waals surface area contributed by atoms with Gasteiger partial charge in [-0.15, -0.1) is 6.07 Å². The molecule has 0 spiro atoms. The fourth-order valence-electron chi connectivity index (χ4n) is 0.580. The summed E-state index contributed by atoms with van der Waals surface area (Å²) in [6.07, 6.45) is 1.84. The molecule has 0 unspecified atom stereocenters. The molecule has 0 saturated carbocycles. The van der Waals surface area contributed by atoms with Crippen molar-refractivity contribution < 1.29 is 25.9 Å². The van der Waals surface area contributed by atoms with Crippen LogP contribution < -0.4 is 5.56 Å². The average Bonchev–Trinajstić information content (AvgIpc) is 2.04. The van der Waals surface area contributed by atoms with Crippen LogP contribution in [0.5, 0.6) is 0 Å². The van der Waals surface area contributed by atoms with E-state index in [0.29, 0.717) is 10.9 Å². The minimum absolute atomic E-state index is 0.149. The van der Waals surface area contributed by atoms with Crippen molar-refractivity contribution in [3.05, 3.63) is 29.0 Å². The Morgan fingerprint density at radius 3 is 2.62 bits per heavy atom. The van der Waals surface area contributed by atoms with Gasteiger partial charge in [0.2, 0.25) is 0 Å². The van der Waals surface area contributed by atoms with E-state index in [-0.39, 0.29) is 5.56 Å². The van der Waals surface area contributed by atoms with Gasteiger partial charge in [-0.2, -0.15) is 0 Å². The van der Waals surface area contributed by atoms with Crippen LogP contribution in [0.1, 0.15) is 5.69 Å². The number of hydrogen-bond donors (Lipinski definition) is 1. The molecule has 1 heterocycles. The summed E-state index contributed by atoms with van der Waals surface area (Å²) >= 11 is -1.36. The van der Waals surface area contributed by atoms with Crippen molar-refractivity contribution in [2.45, 2.75) is 5.16 Å². The number of aromatic nitrogens is 2. The van der Waals surface area contributed by atoms with Crippen molar-refractivity contribution in [2.24, 2.45) is 0 Å². The van der Waals surface area contributed by atoms with Crippen LogP contribution in [-0.2, 0) is 19.6 Å². The van der Waals surface area contributed by atoms with E-state index in [1.165, 1.54) is 17.8 Å². The zero-order valence-electron chi connectivity index (χ0n) is 6.71. The number of rotatable bonds is 1. The summed E-state index contributed by atoms with van der Waals surface area (Å²) in [4.78, 5) is 17.2. The van der Waals surface area contributed by atoms with E-state index in [2.05, 4.69) is 16.9 Å². The molecule has 0 bridgehead atoms. The summed E-state index contributed by atoms with van der Waals surface area (Å²) in [5.41, 5.74) is 0.359. The fraction of sp³-hybridized carbons (Fsp3) is 0.167. The molecule has 1 rings (SSSR count). The van der Waals surface area contributed by atoms with E-state index in [1.807, 2.05) is 6.26 Å². The number of H-pyrrole nitrogens is 1. The van der Waals surface area contributed by atoms with Gasteiger partial charge in [0.25, 0.3) is 0 Å². The van der Waals surface area contributed by atoms with Gasteiger partial charge in [-0.1, -0.05) is 17.5 Å². The standard InChI is InChI=1S/C6H7N2OS.2FH.W/c1-4-3-5(9)8-6(7-4)10-2;;;/h3H,1H2,2H3,(H,7,8,9);2*1H;/q-1;;;+2/p-2. The van der Waals surface area contributed by atoms with Crippen molar-refractivity contribution in [3.8, 4) is 0 Å². The molecule has 1 N–H and O–H groups in total. The molecule has 0 saturated heterocycles. The number of nitrogens with zero attached hydrogens (tertiary/aromatic N) is 1. The second-order valence-electron chi connectivity index (χ2n) is 1.80. The van der Waals surface area contributed by atoms with Crippen LogP contribution in [0, 0.1) is 6.92 Å². The fourth-order valence-corrected chi connectivity index (χ4v) is 0.991. The van der Waals surface area contributed by atoms with E-state index in [9.17, 15) is 11.1 Å². The first kappa shape index (κ1) is 12.6. The zero-order chi connectivity index (χ0) is 10.3. The second-order valence-corrected chi connectivity index (χ2v) is 3.02. The van der Waals surface area contributed by atoms with Gasteiger partial charge in [0.1, 0.15) is 0 Å². The first-order chi connectivity index (χ1) is 6.13. The third-order valence-corrected chi connectivity index (χ3v) is 1.55. The minimum atomic E-state index is -2.75. The van der Waals surface area contributed by atoms with Crippen molar-refractivity contribution in [1.29, 1.82) is 0 Å². The summed E-state index contributed by atoms with van der Waals surface area (Å²) in [5, 5.41) is 0.609. The Balaban J connectivity index is 0.000000424. The maximum atomic E-state index is 10.7. The van der Waals surface area contributed by atoms with Crippen molar-refractivity contribution in [2.75, 3.05) is 6.26 Å². The topological polar surface area (TPSA) is 45.8 Å². The summed E-state index contributed by atoms with van der Waals surface area (Å²) in [6, 6.07) is 1.36. The van der Waals surface area contributed by atoms with Gasteiger partial charge in [-0.25, -0.2) is 6.92 Å². The number of thioether (sulfide) groups is 1. The third-order valence-electron chi connectivity index (χ3n) is 0.966. The van der Waals surface area contributed by atoms with Gasteiger partial charge < -0.3 is 4.98 Å². The molecule has 74 valence electrons. The molecule has 0 aliphatic rings. The number of halogens is 2. The molecule has 0 fully saturated rings. The third kappa shape index (κ3) is 5.82. The van der Waals surface area contributed by atoms with Gasteiger partial charge in [-0.3, -0.25) is 9.78 Å². The second kappa shape index (κ2) is 7.09.